The fourth-order valence-corrected chi connectivity index (χ4v) is 2.74. The number of anilines is 1. The van der Waals surface area contributed by atoms with E-state index in [1.807, 2.05) is 31.2 Å². The molecule has 0 atom stereocenters. The van der Waals surface area contributed by atoms with Gasteiger partial charge in [-0.25, -0.2) is 8.42 Å². The van der Waals surface area contributed by atoms with Crippen LogP contribution in [0.3, 0.4) is 0 Å². The van der Waals surface area contributed by atoms with Gasteiger partial charge in [0.1, 0.15) is 0 Å². The zero-order valence-corrected chi connectivity index (χ0v) is 12.2. The predicted octanol–water partition coefficient (Wildman–Crippen LogP) is 3.59. The molecular formula is C16H17NO2S. The van der Waals surface area contributed by atoms with Crippen LogP contribution in [0.4, 0.5) is 5.69 Å². The fourth-order valence-electron chi connectivity index (χ4n) is 1.85. The zero-order chi connectivity index (χ0) is 14.6. The molecule has 0 aromatic heterocycles. The number of benzene rings is 2. The summed E-state index contributed by atoms with van der Waals surface area (Å²) in [7, 11) is -3.34. The van der Waals surface area contributed by atoms with Crippen LogP contribution < -0.4 is 4.72 Å². The lowest BCUT2D eigenvalue weighted by molar-refractivity contribution is 0.604. The molecule has 20 heavy (non-hydrogen) atoms. The molecule has 2 aromatic rings. The minimum atomic E-state index is -3.34. The van der Waals surface area contributed by atoms with E-state index in [2.05, 4.69) is 23.4 Å². The summed E-state index contributed by atoms with van der Waals surface area (Å²) in [5.41, 5.74) is 3.93. The Hall–Kier alpha value is -2.07. The molecule has 0 bridgehead atoms. The van der Waals surface area contributed by atoms with E-state index in [1.54, 1.807) is 12.1 Å². The van der Waals surface area contributed by atoms with Crippen LogP contribution in [-0.4, -0.2) is 14.2 Å². The Kier molecular flexibility index (Phi) is 4.25. The van der Waals surface area contributed by atoms with Crippen molar-refractivity contribution in [3.05, 3.63) is 66.7 Å². The largest absolute Gasteiger partial charge is 0.283 e. The first kappa shape index (κ1) is 14.3. The number of rotatable bonds is 5. The molecule has 0 fully saturated rings. The summed E-state index contributed by atoms with van der Waals surface area (Å²) in [5, 5.41) is 0. The molecule has 0 unspecified atom stereocenters. The van der Waals surface area contributed by atoms with Crippen molar-refractivity contribution in [1.82, 2.24) is 0 Å². The molecule has 0 saturated heterocycles. The third-order valence-electron chi connectivity index (χ3n) is 2.88. The average molecular weight is 287 g/mol. The number of hydrogen-bond acceptors (Lipinski definition) is 2. The molecule has 104 valence electrons. The summed E-state index contributed by atoms with van der Waals surface area (Å²) < 4.78 is 25.7. The van der Waals surface area contributed by atoms with E-state index in [9.17, 15) is 8.42 Å². The van der Waals surface area contributed by atoms with Gasteiger partial charge in [0.15, 0.2) is 0 Å². The molecule has 0 aliphatic carbocycles. The molecule has 0 aliphatic rings. The van der Waals surface area contributed by atoms with Gasteiger partial charge in [-0.15, -0.1) is 6.58 Å². The molecule has 0 saturated carbocycles. The third kappa shape index (κ3) is 3.71. The fraction of sp³-hybridized carbons (Fsp3) is 0.125. The minimum absolute atomic E-state index is 0.0906. The molecule has 3 nitrogen and oxygen atoms in total. The van der Waals surface area contributed by atoms with E-state index in [4.69, 9.17) is 0 Å². The normalized spacial score (nSPS) is 11.1. The van der Waals surface area contributed by atoms with Crippen molar-refractivity contribution in [2.45, 2.75) is 6.92 Å². The third-order valence-corrected chi connectivity index (χ3v) is 4.10. The summed E-state index contributed by atoms with van der Waals surface area (Å²) in [6, 6.07) is 15.5. The Labute approximate surface area is 120 Å². The molecule has 0 amide bonds. The summed E-state index contributed by atoms with van der Waals surface area (Å²) >= 11 is 0. The van der Waals surface area contributed by atoms with Crippen molar-refractivity contribution in [3.8, 4) is 11.1 Å². The first-order chi connectivity index (χ1) is 9.50. The van der Waals surface area contributed by atoms with Crippen molar-refractivity contribution in [2.75, 3.05) is 10.5 Å². The van der Waals surface area contributed by atoms with Crippen LogP contribution in [0.2, 0.25) is 0 Å². The van der Waals surface area contributed by atoms with Gasteiger partial charge in [-0.3, -0.25) is 4.72 Å². The van der Waals surface area contributed by atoms with Gasteiger partial charge in [-0.1, -0.05) is 48.0 Å². The Morgan fingerprint density at radius 1 is 1.00 bits per heavy atom. The highest BCUT2D eigenvalue weighted by atomic mass is 32.2. The van der Waals surface area contributed by atoms with E-state index < -0.39 is 10.0 Å². The van der Waals surface area contributed by atoms with Gasteiger partial charge < -0.3 is 0 Å². The van der Waals surface area contributed by atoms with Gasteiger partial charge in [0.2, 0.25) is 10.0 Å². The van der Waals surface area contributed by atoms with Crippen LogP contribution >= 0.6 is 0 Å². The predicted molar refractivity (Wildman–Crippen MR) is 84.2 cm³/mol. The Morgan fingerprint density at radius 2 is 1.50 bits per heavy atom. The quantitative estimate of drug-likeness (QED) is 0.854. The molecule has 2 aromatic carbocycles. The van der Waals surface area contributed by atoms with Gasteiger partial charge in [-0.05, 0) is 30.2 Å². The Morgan fingerprint density at radius 3 is 2.00 bits per heavy atom. The van der Waals surface area contributed by atoms with Crippen LogP contribution in [0.25, 0.3) is 11.1 Å². The van der Waals surface area contributed by atoms with Gasteiger partial charge in [-0.2, -0.15) is 0 Å². The lowest BCUT2D eigenvalue weighted by Crippen LogP contribution is -2.14. The maximum Gasteiger partial charge on any atom is 0.236 e. The maximum atomic E-state index is 11.6. The van der Waals surface area contributed by atoms with Crippen LogP contribution in [0.15, 0.2) is 61.2 Å². The minimum Gasteiger partial charge on any atom is -0.283 e. The van der Waals surface area contributed by atoms with E-state index >= 15 is 0 Å². The molecule has 0 radical (unpaired) electrons. The van der Waals surface area contributed by atoms with Crippen molar-refractivity contribution in [2.24, 2.45) is 0 Å². The second-order valence-corrected chi connectivity index (χ2v) is 6.38. The summed E-state index contributed by atoms with van der Waals surface area (Å²) in [4.78, 5) is 0. The molecular weight excluding hydrogens is 270 g/mol. The molecule has 4 heteroatoms. The van der Waals surface area contributed by atoms with Gasteiger partial charge in [0.05, 0.1) is 5.75 Å². The van der Waals surface area contributed by atoms with Crippen LogP contribution in [-0.2, 0) is 10.0 Å². The number of hydrogen-bond donors (Lipinski definition) is 1. The summed E-state index contributed by atoms with van der Waals surface area (Å²) in [5.74, 6) is -0.0906. The number of sulfonamides is 1. The Bertz CT molecular complexity index is 686. The highest BCUT2D eigenvalue weighted by Gasteiger charge is 2.07. The zero-order valence-electron chi connectivity index (χ0n) is 11.3. The summed E-state index contributed by atoms with van der Waals surface area (Å²) in [6.45, 7) is 5.47. The monoisotopic (exact) mass is 287 g/mol. The van der Waals surface area contributed by atoms with Gasteiger partial charge >= 0.3 is 0 Å². The maximum absolute atomic E-state index is 11.6. The van der Waals surface area contributed by atoms with E-state index in [0.29, 0.717) is 5.69 Å². The molecule has 0 spiro atoms. The highest BCUT2D eigenvalue weighted by molar-refractivity contribution is 7.92. The summed E-state index contributed by atoms with van der Waals surface area (Å²) in [6.07, 6.45) is 1.36. The van der Waals surface area contributed by atoms with Crippen molar-refractivity contribution in [3.63, 3.8) is 0 Å². The van der Waals surface area contributed by atoms with E-state index in [-0.39, 0.29) is 5.75 Å². The van der Waals surface area contributed by atoms with Crippen LogP contribution in [0.1, 0.15) is 5.56 Å². The van der Waals surface area contributed by atoms with Crippen molar-refractivity contribution >= 4 is 15.7 Å². The molecule has 2 rings (SSSR count). The lowest BCUT2D eigenvalue weighted by atomic mass is 10.0. The van der Waals surface area contributed by atoms with Gasteiger partial charge in [0, 0.05) is 5.69 Å². The number of aryl methyl sites for hydroxylation is 1. The average Bonchev–Trinajstić information content (AvgIpc) is 2.40. The topological polar surface area (TPSA) is 46.2 Å². The highest BCUT2D eigenvalue weighted by Crippen LogP contribution is 2.22. The second-order valence-electron chi connectivity index (χ2n) is 4.62. The van der Waals surface area contributed by atoms with E-state index in [0.717, 1.165) is 11.1 Å². The standard InChI is InChI=1S/C16H17NO2S/c1-3-12-20(18,19)17-16-10-8-15(9-11-16)14-6-4-13(2)5-7-14/h3-11,17H,1,12H2,2H3. The molecule has 1 N–H and O–H groups in total. The smallest absolute Gasteiger partial charge is 0.236 e. The SMILES string of the molecule is C=CCS(=O)(=O)Nc1ccc(-c2ccc(C)cc2)cc1. The first-order valence-corrected chi connectivity index (χ1v) is 7.94. The van der Waals surface area contributed by atoms with Crippen molar-refractivity contribution < 1.29 is 8.42 Å². The first-order valence-electron chi connectivity index (χ1n) is 6.29. The van der Waals surface area contributed by atoms with E-state index in [1.165, 1.54) is 11.6 Å². The van der Waals surface area contributed by atoms with Crippen LogP contribution in [0, 0.1) is 6.92 Å². The van der Waals surface area contributed by atoms with Crippen molar-refractivity contribution in [1.29, 1.82) is 0 Å². The second kappa shape index (κ2) is 5.92. The number of nitrogens with one attached hydrogen (secondary N) is 1. The Balaban J connectivity index is 2.18. The lowest BCUT2D eigenvalue weighted by Gasteiger charge is -2.07. The van der Waals surface area contributed by atoms with Crippen LogP contribution in [0.5, 0.6) is 0 Å². The van der Waals surface area contributed by atoms with Gasteiger partial charge in [0.25, 0.3) is 0 Å². The molecule has 0 aliphatic heterocycles. The molecule has 0 heterocycles.